The molecule has 1 rings (SSSR count). The van der Waals surface area contributed by atoms with Gasteiger partial charge in [-0.05, 0) is 25.5 Å². The Morgan fingerprint density at radius 3 is 2.50 bits per heavy atom. The monoisotopic (exact) mass is 184 g/mol. The second-order valence-electron chi connectivity index (χ2n) is 3.77. The molecule has 0 fully saturated rings. The van der Waals surface area contributed by atoms with Crippen LogP contribution in [0, 0.1) is 6.92 Å². The standard InChI is InChI=1S/C10H16OS/c1-8-4-5-9(12-8)10(2,3)6-7-11/h4-5,11H,6-7H2,1-3H3. The van der Waals surface area contributed by atoms with Gasteiger partial charge in [0.2, 0.25) is 0 Å². The molecule has 0 aliphatic heterocycles. The van der Waals surface area contributed by atoms with Gasteiger partial charge in [-0.3, -0.25) is 0 Å². The van der Waals surface area contributed by atoms with Crippen molar-refractivity contribution < 1.29 is 5.11 Å². The number of hydrogen-bond acceptors (Lipinski definition) is 2. The van der Waals surface area contributed by atoms with E-state index in [2.05, 4.69) is 32.9 Å². The van der Waals surface area contributed by atoms with E-state index in [0.29, 0.717) is 0 Å². The molecule has 0 aliphatic rings. The van der Waals surface area contributed by atoms with Crippen molar-refractivity contribution in [2.45, 2.75) is 32.6 Å². The highest BCUT2D eigenvalue weighted by atomic mass is 32.1. The van der Waals surface area contributed by atoms with Crippen LogP contribution in [-0.2, 0) is 5.41 Å². The van der Waals surface area contributed by atoms with E-state index in [1.807, 2.05) is 11.3 Å². The summed E-state index contributed by atoms with van der Waals surface area (Å²) in [6, 6.07) is 4.30. The van der Waals surface area contributed by atoms with Crippen LogP contribution in [0.15, 0.2) is 12.1 Å². The fourth-order valence-corrected chi connectivity index (χ4v) is 2.20. The summed E-state index contributed by atoms with van der Waals surface area (Å²) in [6.45, 7) is 6.73. The van der Waals surface area contributed by atoms with Crippen LogP contribution in [0.1, 0.15) is 30.0 Å². The molecule has 1 N–H and O–H groups in total. The van der Waals surface area contributed by atoms with Gasteiger partial charge in [-0.15, -0.1) is 11.3 Å². The fraction of sp³-hybridized carbons (Fsp3) is 0.600. The molecule has 0 atom stereocenters. The van der Waals surface area contributed by atoms with Crippen molar-refractivity contribution in [2.24, 2.45) is 0 Å². The van der Waals surface area contributed by atoms with Gasteiger partial charge in [-0.1, -0.05) is 13.8 Å². The van der Waals surface area contributed by atoms with Gasteiger partial charge in [-0.25, -0.2) is 0 Å². The molecular formula is C10H16OS. The van der Waals surface area contributed by atoms with E-state index in [1.54, 1.807) is 0 Å². The molecular weight excluding hydrogens is 168 g/mol. The molecule has 0 radical (unpaired) electrons. The summed E-state index contributed by atoms with van der Waals surface area (Å²) < 4.78 is 0. The number of aliphatic hydroxyl groups is 1. The maximum atomic E-state index is 8.87. The highest BCUT2D eigenvalue weighted by Crippen LogP contribution is 2.32. The molecule has 68 valence electrons. The quantitative estimate of drug-likeness (QED) is 0.765. The largest absolute Gasteiger partial charge is 0.396 e. The second kappa shape index (κ2) is 3.58. The lowest BCUT2D eigenvalue weighted by molar-refractivity contribution is 0.254. The van der Waals surface area contributed by atoms with E-state index >= 15 is 0 Å². The van der Waals surface area contributed by atoms with Gasteiger partial charge in [0.05, 0.1) is 0 Å². The van der Waals surface area contributed by atoms with Gasteiger partial charge in [0.15, 0.2) is 0 Å². The van der Waals surface area contributed by atoms with Gasteiger partial charge in [-0.2, -0.15) is 0 Å². The molecule has 0 bridgehead atoms. The minimum Gasteiger partial charge on any atom is -0.396 e. The normalized spacial score (nSPS) is 12.0. The molecule has 12 heavy (non-hydrogen) atoms. The zero-order chi connectivity index (χ0) is 9.19. The van der Waals surface area contributed by atoms with Crippen LogP contribution in [0.5, 0.6) is 0 Å². The van der Waals surface area contributed by atoms with E-state index in [0.717, 1.165) is 6.42 Å². The number of hydrogen-bond donors (Lipinski definition) is 1. The van der Waals surface area contributed by atoms with Crippen LogP contribution >= 0.6 is 11.3 Å². The molecule has 0 aromatic carbocycles. The SMILES string of the molecule is Cc1ccc(C(C)(C)CCO)s1. The Bertz CT molecular complexity index is 250. The molecule has 0 saturated carbocycles. The molecule has 0 aliphatic carbocycles. The topological polar surface area (TPSA) is 20.2 Å². The third-order valence-electron chi connectivity index (χ3n) is 2.14. The van der Waals surface area contributed by atoms with Crippen LogP contribution in [-0.4, -0.2) is 11.7 Å². The number of thiophene rings is 1. The number of aryl methyl sites for hydroxylation is 1. The van der Waals surface area contributed by atoms with Gasteiger partial charge in [0.25, 0.3) is 0 Å². The lowest BCUT2D eigenvalue weighted by Gasteiger charge is -2.21. The van der Waals surface area contributed by atoms with Gasteiger partial charge in [0.1, 0.15) is 0 Å². The highest BCUT2D eigenvalue weighted by molar-refractivity contribution is 7.12. The summed E-state index contributed by atoms with van der Waals surface area (Å²) in [5, 5.41) is 8.87. The molecule has 1 heterocycles. The van der Waals surface area contributed by atoms with Gasteiger partial charge < -0.3 is 5.11 Å². The predicted molar refractivity (Wildman–Crippen MR) is 53.8 cm³/mol. The first-order valence-corrected chi connectivity index (χ1v) is 5.06. The van der Waals surface area contributed by atoms with Crippen molar-refractivity contribution in [3.8, 4) is 0 Å². The van der Waals surface area contributed by atoms with Crippen molar-refractivity contribution in [3.05, 3.63) is 21.9 Å². The van der Waals surface area contributed by atoms with E-state index in [9.17, 15) is 0 Å². The summed E-state index contributed by atoms with van der Waals surface area (Å²) in [6.07, 6.45) is 0.840. The first kappa shape index (κ1) is 9.75. The van der Waals surface area contributed by atoms with E-state index < -0.39 is 0 Å². The lowest BCUT2D eigenvalue weighted by Crippen LogP contribution is -2.16. The van der Waals surface area contributed by atoms with Crippen LogP contribution in [0.3, 0.4) is 0 Å². The molecule has 0 unspecified atom stereocenters. The smallest absolute Gasteiger partial charge is 0.0439 e. The van der Waals surface area contributed by atoms with Crippen molar-refractivity contribution in [1.29, 1.82) is 0 Å². The van der Waals surface area contributed by atoms with Crippen LogP contribution in [0.25, 0.3) is 0 Å². The van der Waals surface area contributed by atoms with E-state index in [1.165, 1.54) is 9.75 Å². The molecule has 1 aromatic heterocycles. The summed E-state index contributed by atoms with van der Waals surface area (Å²) in [4.78, 5) is 2.71. The fourth-order valence-electron chi connectivity index (χ4n) is 1.20. The second-order valence-corrected chi connectivity index (χ2v) is 5.06. The Morgan fingerprint density at radius 2 is 2.08 bits per heavy atom. The van der Waals surface area contributed by atoms with Crippen LogP contribution in [0.2, 0.25) is 0 Å². The minimum atomic E-state index is 0.133. The van der Waals surface area contributed by atoms with Crippen LogP contribution < -0.4 is 0 Å². The maximum absolute atomic E-state index is 8.87. The molecule has 0 spiro atoms. The first-order chi connectivity index (χ1) is 5.56. The molecule has 0 saturated heterocycles. The summed E-state index contributed by atoms with van der Waals surface area (Å²) in [7, 11) is 0. The Labute approximate surface area is 78.1 Å². The van der Waals surface area contributed by atoms with Gasteiger partial charge >= 0.3 is 0 Å². The third kappa shape index (κ3) is 2.08. The molecule has 1 nitrogen and oxygen atoms in total. The zero-order valence-corrected chi connectivity index (χ0v) is 8.74. The van der Waals surface area contributed by atoms with Crippen molar-refractivity contribution in [1.82, 2.24) is 0 Å². The van der Waals surface area contributed by atoms with Crippen molar-refractivity contribution in [3.63, 3.8) is 0 Å². The molecule has 0 amide bonds. The lowest BCUT2D eigenvalue weighted by atomic mass is 9.88. The number of aliphatic hydroxyl groups excluding tert-OH is 1. The first-order valence-electron chi connectivity index (χ1n) is 4.24. The van der Waals surface area contributed by atoms with Gasteiger partial charge in [0, 0.05) is 21.8 Å². The van der Waals surface area contributed by atoms with Crippen molar-refractivity contribution in [2.75, 3.05) is 6.61 Å². The average molecular weight is 184 g/mol. The Balaban J connectivity index is 2.81. The van der Waals surface area contributed by atoms with Crippen molar-refractivity contribution >= 4 is 11.3 Å². The van der Waals surface area contributed by atoms with E-state index in [-0.39, 0.29) is 12.0 Å². The summed E-state index contributed by atoms with van der Waals surface area (Å²) in [5.74, 6) is 0. The Hall–Kier alpha value is -0.340. The highest BCUT2D eigenvalue weighted by Gasteiger charge is 2.21. The molecule has 1 aromatic rings. The number of rotatable bonds is 3. The predicted octanol–water partition coefficient (Wildman–Crippen LogP) is 2.72. The maximum Gasteiger partial charge on any atom is 0.0439 e. The summed E-state index contributed by atoms with van der Waals surface area (Å²) >= 11 is 1.82. The van der Waals surface area contributed by atoms with Crippen LogP contribution in [0.4, 0.5) is 0 Å². The Morgan fingerprint density at radius 1 is 1.42 bits per heavy atom. The summed E-state index contributed by atoms with van der Waals surface area (Å²) in [5.41, 5.74) is 0.133. The minimum absolute atomic E-state index is 0.133. The van der Waals surface area contributed by atoms with E-state index in [4.69, 9.17) is 5.11 Å². The molecule has 2 heteroatoms. The zero-order valence-electron chi connectivity index (χ0n) is 7.92. The third-order valence-corrected chi connectivity index (χ3v) is 3.51. The Kier molecular flexibility index (Phi) is 2.91. The average Bonchev–Trinajstić information content (AvgIpc) is 2.36.